The highest BCUT2D eigenvalue weighted by atomic mass is 35.5. The molecule has 2 N–H and O–H groups in total. The molecule has 0 fully saturated rings. The van der Waals surface area contributed by atoms with E-state index < -0.39 is 11.9 Å². The topological polar surface area (TPSA) is 56.0 Å². The molecule has 11 heavy (non-hydrogen) atoms. The fourth-order valence-electron chi connectivity index (χ4n) is 0.596. The van der Waals surface area contributed by atoms with Gasteiger partial charge in [0.2, 0.25) is 5.95 Å². The van der Waals surface area contributed by atoms with Crippen molar-refractivity contribution in [2.75, 3.05) is 0 Å². The Hall–Kier alpha value is -1.16. The molecule has 1 heterocycles. The minimum atomic E-state index is -0.736. The molecule has 3 nitrogen and oxygen atoms in total. The lowest BCUT2D eigenvalue weighted by Gasteiger charge is -1.96. The highest BCUT2D eigenvalue weighted by molar-refractivity contribution is 6.32. The summed E-state index contributed by atoms with van der Waals surface area (Å²) in [7, 11) is 0. The van der Waals surface area contributed by atoms with Gasteiger partial charge >= 0.3 is 0 Å². The van der Waals surface area contributed by atoms with Crippen LogP contribution in [-0.4, -0.2) is 10.9 Å². The van der Waals surface area contributed by atoms with Crippen molar-refractivity contribution in [3.63, 3.8) is 0 Å². The van der Waals surface area contributed by atoms with Crippen LogP contribution in [0.5, 0.6) is 0 Å². The van der Waals surface area contributed by atoms with E-state index >= 15 is 0 Å². The summed E-state index contributed by atoms with van der Waals surface area (Å²) < 4.78 is 12.3. The Kier molecular flexibility index (Phi) is 2.05. The van der Waals surface area contributed by atoms with Gasteiger partial charge in [-0.25, -0.2) is 4.98 Å². The van der Waals surface area contributed by atoms with Crippen molar-refractivity contribution < 1.29 is 9.18 Å². The van der Waals surface area contributed by atoms with E-state index in [-0.39, 0.29) is 10.7 Å². The molecule has 58 valence electrons. The molecule has 0 spiro atoms. The second-order valence-corrected chi connectivity index (χ2v) is 2.19. The third kappa shape index (κ3) is 1.65. The predicted octanol–water partition coefficient (Wildman–Crippen LogP) is 0.973. The van der Waals surface area contributed by atoms with Crippen LogP contribution in [0.4, 0.5) is 4.39 Å². The molecule has 0 aliphatic heterocycles. The number of carbonyl (C=O) groups is 1. The number of nitrogens with zero attached hydrogens (tertiary/aromatic N) is 1. The molecule has 0 unspecified atom stereocenters. The van der Waals surface area contributed by atoms with Crippen molar-refractivity contribution in [1.29, 1.82) is 0 Å². The van der Waals surface area contributed by atoms with Gasteiger partial charge in [0.05, 0.1) is 5.56 Å². The number of rotatable bonds is 1. The monoisotopic (exact) mass is 174 g/mol. The SMILES string of the molecule is NC(=O)c1ccc(F)nc1Cl. The van der Waals surface area contributed by atoms with Crippen molar-refractivity contribution in [2.45, 2.75) is 0 Å². The zero-order chi connectivity index (χ0) is 8.43. The Balaban J connectivity index is 3.20. The van der Waals surface area contributed by atoms with E-state index in [1.165, 1.54) is 6.07 Å². The predicted molar refractivity (Wildman–Crippen MR) is 37.7 cm³/mol. The first-order chi connectivity index (χ1) is 5.11. The van der Waals surface area contributed by atoms with Gasteiger partial charge < -0.3 is 5.73 Å². The van der Waals surface area contributed by atoms with E-state index in [9.17, 15) is 9.18 Å². The zero-order valence-electron chi connectivity index (χ0n) is 5.34. The van der Waals surface area contributed by atoms with Gasteiger partial charge in [-0.05, 0) is 12.1 Å². The number of hydrogen-bond acceptors (Lipinski definition) is 2. The molecule has 1 rings (SSSR count). The normalized spacial score (nSPS) is 9.64. The van der Waals surface area contributed by atoms with Crippen molar-refractivity contribution in [2.24, 2.45) is 5.73 Å². The van der Waals surface area contributed by atoms with Crippen molar-refractivity contribution >= 4 is 17.5 Å². The van der Waals surface area contributed by atoms with E-state index in [1.54, 1.807) is 0 Å². The molecular formula is C6H4ClFN2O. The average molecular weight is 175 g/mol. The Labute approximate surface area is 67.0 Å². The van der Waals surface area contributed by atoms with Gasteiger partial charge in [-0.1, -0.05) is 11.6 Å². The van der Waals surface area contributed by atoms with Gasteiger partial charge in [-0.3, -0.25) is 4.79 Å². The van der Waals surface area contributed by atoms with Gasteiger partial charge in [0, 0.05) is 0 Å². The largest absolute Gasteiger partial charge is 0.366 e. The van der Waals surface area contributed by atoms with Gasteiger partial charge in [-0.2, -0.15) is 4.39 Å². The van der Waals surface area contributed by atoms with E-state index in [4.69, 9.17) is 17.3 Å². The lowest BCUT2D eigenvalue weighted by Crippen LogP contribution is -2.12. The van der Waals surface area contributed by atoms with Crippen molar-refractivity contribution in [1.82, 2.24) is 4.98 Å². The zero-order valence-corrected chi connectivity index (χ0v) is 6.10. The summed E-state index contributed by atoms with van der Waals surface area (Å²) in [4.78, 5) is 13.7. The number of halogens is 2. The standard InChI is InChI=1S/C6H4ClFN2O/c7-5-3(6(9)11)1-2-4(8)10-5/h1-2H,(H2,9,11). The van der Waals surface area contributed by atoms with Crippen LogP contribution in [0.1, 0.15) is 10.4 Å². The molecule has 0 saturated heterocycles. The van der Waals surface area contributed by atoms with Crippen molar-refractivity contribution in [3.8, 4) is 0 Å². The van der Waals surface area contributed by atoms with E-state index in [1.807, 2.05) is 0 Å². The Morgan fingerprint density at radius 1 is 1.64 bits per heavy atom. The summed E-state index contributed by atoms with van der Waals surface area (Å²) >= 11 is 5.37. The third-order valence-corrected chi connectivity index (χ3v) is 1.37. The highest BCUT2D eigenvalue weighted by Gasteiger charge is 2.07. The summed E-state index contributed by atoms with van der Waals surface area (Å²) in [5.41, 5.74) is 4.90. The van der Waals surface area contributed by atoms with Crippen molar-refractivity contribution in [3.05, 3.63) is 28.8 Å². The average Bonchev–Trinajstić information content (AvgIpc) is 1.85. The van der Waals surface area contributed by atoms with Gasteiger partial charge in [-0.15, -0.1) is 0 Å². The first-order valence-corrected chi connectivity index (χ1v) is 3.11. The molecule has 0 aliphatic carbocycles. The third-order valence-electron chi connectivity index (χ3n) is 1.08. The summed E-state index contributed by atoms with van der Waals surface area (Å²) in [5.74, 6) is -1.46. The Morgan fingerprint density at radius 2 is 2.27 bits per heavy atom. The van der Waals surface area contributed by atoms with Crippen LogP contribution in [0.25, 0.3) is 0 Å². The van der Waals surface area contributed by atoms with Crippen LogP contribution in [-0.2, 0) is 0 Å². The maximum atomic E-state index is 12.3. The van der Waals surface area contributed by atoms with Gasteiger partial charge in [0.15, 0.2) is 0 Å². The molecule has 0 atom stereocenters. The molecule has 1 aromatic heterocycles. The first-order valence-electron chi connectivity index (χ1n) is 2.73. The van der Waals surface area contributed by atoms with Crippen LogP contribution in [0.3, 0.4) is 0 Å². The number of aromatic nitrogens is 1. The van der Waals surface area contributed by atoms with Crippen LogP contribution in [0, 0.1) is 5.95 Å². The number of pyridine rings is 1. The number of nitrogens with two attached hydrogens (primary N) is 1. The summed E-state index contributed by atoms with van der Waals surface area (Å²) in [5, 5.41) is -0.211. The number of carbonyl (C=O) groups excluding carboxylic acids is 1. The second kappa shape index (κ2) is 2.84. The van der Waals surface area contributed by atoms with E-state index in [0.29, 0.717) is 0 Å². The van der Waals surface area contributed by atoms with Crippen LogP contribution < -0.4 is 5.73 Å². The summed E-state index contributed by atoms with van der Waals surface area (Å²) in [6.45, 7) is 0. The van der Waals surface area contributed by atoms with E-state index in [2.05, 4.69) is 4.98 Å². The molecule has 0 saturated carbocycles. The van der Waals surface area contributed by atoms with E-state index in [0.717, 1.165) is 6.07 Å². The van der Waals surface area contributed by atoms with Gasteiger partial charge in [0.25, 0.3) is 5.91 Å². The molecule has 1 aromatic rings. The molecule has 0 aliphatic rings. The molecule has 0 radical (unpaired) electrons. The molecule has 0 bridgehead atoms. The lowest BCUT2D eigenvalue weighted by atomic mass is 10.3. The number of amides is 1. The minimum Gasteiger partial charge on any atom is -0.366 e. The summed E-state index contributed by atoms with van der Waals surface area (Å²) in [6.07, 6.45) is 0. The second-order valence-electron chi connectivity index (χ2n) is 1.84. The smallest absolute Gasteiger partial charge is 0.251 e. The fraction of sp³-hybridized carbons (Fsp3) is 0. The lowest BCUT2D eigenvalue weighted by molar-refractivity contribution is 0.1000. The molecular weight excluding hydrogens is 171 g/mol. The van der Waals surface area contributed by atoms with Gasteiger partial charge in [0.1, 0.15) is 5.15 Å². The molecule has 0 aromatic carbocycles. The summed E-state index contributed by atoms with van der Waals surface area (Å²) in [6, 6.07) is 2.21. The molecule has 1 amide bonds. The highest BCUT2D eigenvalue weighted by Crippen LogP contribution is 2.11. The maximum absolute atomic E-state index is 12.3. The van der Waals surface area contributed by atoms with Crippen LogP contribution >= 0.6 is 11.6 Å². The van der Waals surface area contributed by atoms with Crippen LogP contribution in [0.2, 0.25) is 5.15 Å². The first kappa shape index (κ1) is 7.94. The fourth-order valence-corrected chi connectivity index (χ4v) is 0.833. The number of hydrogen-bond donors (Lipinski definition) is 1. The minimum absolute atomic E-state index is 0.0214. The quantitative estimate of drug-likeness (QED) is 0.645. The Bertz CT molecular complexity index is 303. The maximum Gasteiger partial charge on any atom is 0.251 e. The molecule has 5 heteroatoms. The Morgan fingerprint density at radius 3 is 2.73 bits per heavy atom. The number of primary amides is 1. The van der Waals surface area contributed by atoms with Crippen LogP contribution in [0.15, 0.2) is 12.1 Å².